The minimum Gasteiger partial charge on any atom is -0.441 e. The van der Waals surface area contributed by atoms with Gasteiger partial charge in [0.25, 0.3) is 0 Å². The van der Waals surface area contributed by atoms with Gasteiger partial charge in [-0.3, -0.25) is 9.69 Å². The second-order valence-corrected chi connectivity index (χ2v) is 6.95. The molecule has 24 heavy (non-hydrogen) atoms. The van der Waals surface area contributed by atoms with E-state index in [9.17, 15) is 4.79 Å². The van der Waals surface area contributed by atoms with E-state index in [4.69, 9.17) is 4.42 Å². The molecule has 3 heterocycles. The Kier molecular flexibility index (Phi) is 4.52. The largest absolute Gasteiger partial charge is 0.441 e. The zero-order chi connectivity index (χ0) is 16.4. The zero-order valence-corrected chi connectivity index (χ0v) is 14.1. The molecule has 2 aliphatic rings. The Bertz CT molecular complexity index is 678. The van der Waals surface area contributed by atoms with Gasteiger partial charge >= 0.3 is 0 Å². The fourth-order valence-electron chi connectivity index (χ4n) is 3.96. The minimum absolute atomic E-state index is 0.288. The normalized spacial score (nSPS) is 21.8. The van der Waals surface area contributed by atoms with Crippen LogP contribution in [0.15, 0.2) is 28.7 Å². The highest BCUT2D eigenvalue weighted by Gasteiger charge is 2.30. The molecule has 0 aliphatic carbocycles. The Labute approximate surface area is 142 Å². The summed E-state index contributed by atoms with van der Waals surface area (Å²) in [6.07, 6.45) is 5.98. The lowest BCUT2D eigenvalue weighted by molar-refractivity contribution is -0.134. The third-order valence-corrected chi connectivity index (χ3v) is 5.31. The van der Waals surface area contributed by atoms with Crippen LogP contribution in [-0.4, -0.2) is 52.9 Å². The van der Waals surface area contributed by atoms with E-state index in [1.165, 1.54) is 25.8 Å². The molecule has 1 aromatic carbocycles. The Morgan fingerprint density at radius 1 is 1.21 bits per heavy atom. The predicted molar refractivity (Wildman–Crippen MR) is 92.7 cm³/mol. The monoisotopic (exact) mass is 327 g/mol. The number of hydrogen-bond donors (Lipinski definition) is 0. The average Bonchev–Trinajstić information content (AvgIpc) is 3.04. The van der Waals surface area contributed by atoms with Crippen molar-refractivity contribution in [3.05, 3.63) is 30.2 Å². The van der Waals surface area contributed by atoms with Gasteiger partial charge in [0.15, 0.2) is 11.5 Å². The summed E-state index contributed by atoms with van der Waals surface area (Å²) in [4.78, 5) is 21.6. The number of carbonyl (C=O) groups is 1. The van der Waals surface area contributed by atoms with Crippen molar-refractivity contribution in [2.45, 2.75) is 44.6 Å². The third kappa shape index (κ3) is 3.31. The van der Waals surface area contributed by atoms with Crippen LogP contribution in [0, 0.1) is 0 Å². The number of para-hydroxylation sites is 2. The molecular formula is C19H25N3O2. The second-order valence-electron chi connectivity index (χ2n) is 6.95. The lowest BCUT2D eigenvalue weighted by Gasteiger charge is -2.44. The van der Waals surface area contributed by atoms with E-state index in [2.05, 4.69) is 14.8 Å². The number of aryl methyl sites for hydroxylation is 1. The van der Waals surface area contributed by atoms with Gasteiger partial charge < -0.3 is 9.32 Å². The van der Waals surface area contributed by atoms with E-state index in [1.54, 1.807) is 0 Å². The van der Waals surface area contributed by atoms with Crippen molar-refractivity contribution in [2.24, 2.45) is 0 Å². The van der Waals surface area contributed by atoms with Gasteiger partial charge in [0.1, 0.15) is 5.52 Å². The summed E-state index contributed by atoms with van der Waals surface area (Å²) < 4.78 is 5.72. The highest BCUT2D eigenvalue weighted by molar-refractivity contribution is 5.76. The van der Waals surface area contributed by atoms with Crippen molar-refractivity contribution in [3.8, 4) is 0 Å². The molecule has 2 saturated heterocycles. The first kappa shape index (κ1) is 15.6. The van der Waals surface area contributed by atoms with Crippen LogP contribution in [0.4, 0.5) is 0 Å². The SMILES string of the molecule is O=C(CCCc1nc2ccccc2o1)N1CCN2CCCCC2C1. The molecule has 0 bridgehead atoms. The van der Waals surface area contributed by atoms with Crippen molar-refractivity contribution in [3.63, 3.8) is 0 Å². The smallest absolute Gasteiger partial charge is 0.222 e. The summed E-state index contributed by atoms with van der Waals surface area (Å²) in [5.74, 6) is 1.03. The summed E-state index contributed by atoms with van der Waals surface area (Å²) >= 11 is 0. The van der Waals surface area contributed by atoms with E-state index in [1.807, 2.05) is 24.3 Å². The summed E-state index contributed by atoms with van der Waals surface area (Å²) in [5, 5.41) is 0. The molecule has 2 fully saturated rings. The lowest BCUT2D eigenvalue weighted by atomic mass is 9.99. The number of carbonyl (C=O) groups excluding carboxylic acids is 1. The van der Waals surface area contributed by atoms with Gasteiger partial charge in [0, 0.05) is 38.5 Å². The number of rotatable bonds is 4. The predicted octanol–water partition coefficient (Wildman–Crippen LogP) is 2.85. The Morgan fingerprint density at radius 3 is 3.04 bits per heavy atom. The number of oxazole rings is 1. The maximum absolute atomic E-state index is 12.5. The number of piperazine rings is 1. The quantitative estimate of drug-likeness (QED) is 0.866. The number of nitrogens with zero attached hydrogens (tertiary/aromatic N) is 3. The highest BCUT2D eigenvalue weighted by atomic mass is 16.3. The first-order valence-electron chi connectivity index (χ1n) is 9.16. The first-order chi connectivity index (χ1) is 11.8. The van der Waals surface area contributed by atoms with Gasteiger partial charge in [0.05, 0.1) is 0 Å². The van der Waals surface area contributed by atoms with Gasteiger partial charge in [0.2, 0.25) is 5.91 Å². The molecule has 5 heteroatoms. The van der Waals surface area contributed by atoms with Crippen LogP contribution < -0.4 is 0 Å². The maximum atomic E-state index is 12.5. The topological polar surface area (TPSA) is 49.6 Å². The maximum Gasteiger partial charge on any atom is 0.222 e. The molecule has 0 spiro atoms. The van der Waals surface area contributed by atoms with Crippen molar-refractivity contribution in [1.82, 2.24) is 14.8 Å². The molecule has 128 valence electrons. The Hall–Kier alpha value is -1.88. The van der Waals surface area contributed by atoms with Crippen LogP contribution >= 0.6 is 0 Å². The number of aromatic nitrogens is 1. The molecule has 1 aromatic heterocycles. The second kappa shape index (κ2) is 6.93. The van der Waals surface area contributed by atoms with Crippen molar-refractivity contribution >= 4 is 17.0 Å². The van der Waals surface area contributed by atoms with E-state index >= 15 is 0 Å². The van der Waals surface area contributed by atoms with E-state index in [0.29, 0.717) is 12.5 Å². The van der Waals surface area contributed by atoms with Crippen LogP contribution in [0.1, 0.15) is 38.0 Å². The molecule has 0 N–H and O–H groups in total. The molecule has 0 radical (unpaired) electrons. The molecule has 4 rings (SSSR count). The molecule has 5 nitrogen and oxygen atoms in total. The van der Waals surface area contributed by atoms with Crippen LogP contribution in [0.2, 0.25) is 0 Å². The van der Waals surface area contributed by atoms with Crippen LogP contribution in [-0.2, 0) is 11.2 Å². The summed E-state index contributed by atoms with van der Waals surface area (Å²) in [7, 11) is 0. The molecule has 1 unspecified atom stereocenters. The molecule has 2 aliphatic heterocycles. The fraction of sp³-hybridized carbons (Fsp3) is 0.579. The standard InChI is InChI=1S/C19H25N3O2/c23-19(22-13-12-21-11-4-3-6-15(21)14-22)10-5-9-18-20-16-7-1-2-8-17(16)24-18/h1-2,7-8,15H,3-6,9-14H2. The average molecular weight is 327 g/mol. The number of fused-ring (bicyclic) bond motifs is 2. The highest BCUT2D eigenvalue weighted by Crippen LogP contribution is 2.22. The van der Waals surface area contributed by atoms with Crippen molar-refractivity contribution in [2.75, 3.05) is 26.2 Å². The summed E-state index contributed by atoms with van der Waals surface area (Å²) in [6, 6.07) is 8.39. The van der Waals surface area contributed by atoms with Crippen LogP contribution in [0.3, 0.4) is 0 Å². The summed E-state index contributed by atoms with van der Waals surface area (Å²) in [5.41, 5.74) is 1.72. The number of benzene rings is 1. The molecule has 1 atom stereocenters. The first-order valence-corrected chi connectivity index (χ1v) is 9.16. The van der Waals surface area contributed by atoms with Crippen LogP contribution in [0.25, 0.3) is 11.1 Å². The third-order valence-electron chi connectivity index (χ3n) is 5.31. The van der Waals surface area contributed by atoms with Gasteiger partial charge in [-0.1, -0.05) is 18.6 Å². The van der Waals surface area contributed by atoms with E-state index in [0.717, 1.165) is 49.5 Å². The minimum atomic E-state index is 0.288. The number of amides is 1. The van der Waals surface area contributed by atoms with Gasteiger partial charge in [-0.25, -0.2) is 4.98 Å². The van der Waals surface area contributed by atoms with Gasteiger partial charge in [-0.2, -0.15) is 0 Å². The Balaban J connectivity index is 1.27. The van der Waals surface area contributed by atoms with E-state index in [-0.39, 0.29) is 5.91 Å². The van der Waals surface area contributed by atoms with E-state index < -0.39 is 0 Å². The number of piperidine rings is 1. The number of hydrogen-bond acceptors (Lipinski definition) is 4. The van der Waals surface area contributed by atoms with Gasteiger partial charge in [-0.05, 0) is 37.9 Å². The van der Waals surface area contributed by atoms with Crippen LogP contribution in [0.5, 0.6) is 0 Å². The van der Waals surface area contributed by atoms with Gasteiger partial charge in [-0.15, -0.1) is 0 Å². The molecule has 1 amide bonds. The zero-order valence-electron chi connectivity index (χ0n) is 14.1. The molecule has 2 aromatic rings. The molecule has 0 saturated carbocycles. The molecular weight excluding hydrogens is 302 g/mol. The Morgan fingerprint density at radius 2 is 2.12 bits per heavy atom. The lowest BCUT2D eigenvalue weighted by Crippen LogP contribution is -2.56. The fourth-order valence-corrected chi connectivity index (χ4v) is 3.96. The summed E-state index contributed by atoms with van der Waals surface area (Å²) in [6.45, 7) is 4.06. The van der Waals surface area contributed by atoms with Crippen molar-refractivity contribution in [1.29, 1.82) is 0 Å². The van der Waals surface area contributed by atoms with Crippen molar-refractivity contribution < 1.29 is 9.21 Å².